The molecule has 0 saturated carbocycles. The van der Waals surface area contributed by atoms with Crippen LogP contribution in [0.3, 0.4) is 0 Å². The molecule has 6 heteroatoms. The van der Waals surface area contributed by atoms with Crippen molar-refractivity contribution in [2.45, 2.75) is 30.8 Å². The third kappa shape index (κ3) is 3.63. The average Bonchev–Trinajstić information content (AvgIpc) is 3.12. The highest BCUT2D eigenvalue weighted by atomic mass is 35.5. The maximum absolute atomic E-state index is 13.6. The molecule has 0 amide bonds. The van der Waals surface area contributed by atoms with Crippen molar-refractivity contribution in [3.8, 4) is 0 Å². The van der Waals surface area contributed by atoms with Crippen LogP contribution in [0, 0.1) is 6.92 Å². The fourth-order valence-electron chi connectivity index (χ4n) is 4.18. The van der Waals surface area contributed by atoms with E-state index in [9.17, 15) is 8.42 Å². The fourth-order valence-corrected chi connectivity index (χ4v) is 5.98. The molecule has 1 aliphatic rings. The molecule has 0 aliphatic carbocycles. The van der Waals surface area contributed by atoms with Gasteiger partial charge in [0.25, 0.3) is 0 Å². The highest BCUT2D eigenvalue weighted by Crippen LogP contribution is 2.41. The summed E-state index contributed by atoms with van der Waals surface area (Å²) in [5, 5.41) is 1.48. The second-order valence-electron chi connectivity index (χ2n) is 7.91. The number of aryl methyl sites for hydroxylation is 1. The number of nitrogens with zero attached hydrogens (tertiary/aromatic N) is 2. The molecule has 0 saturated heterocycles. The zero-order chi connectivity index (χ0) is 21.6. The van der Waals surface area contributed by atoms with Gasteiger partial charge in [-0.15, -0.1) is 0 Å². The second-order valence-corrected chi connectivity index (χ2v) is 10.2. The number of pyridine rings is 1. The molecule has 4 aromatic rings. The predicted octanol–water partition coefficient (Wildman–Crippen LogP) is 5.68. The molecule has 1 aromatic heterocycles. The van der Waals surface area contributed by atoms with E-state index in [1.54, 1.807) is 16.4 Å². The Bertz CT molecular complexity index is 1370. The quantitative estimate of drug-likeness (QED) is 0.403. The van der Waals surface area contributed by atoms with Gasteiger partial charge in [0, 0.05) is 11.9 Å². The molecule has 5 rings (SSSR count). The van der Waals surface area contributed by atoms with Gasteiger partial charge in [-0.1, -0.05) is 71.8 Å². The Kier molecular flexibility index (Phi) is 5.05. The minimum Gasteiger partial charge on any atom is -0.249 e. The zero-order valence-corrected chi connectivity index (χ0v) is 18.6. The van der Waals surface area contributed by atoms with E-state index < -0.39 is 16.1 Å². The van der Waals surface area contributed by atoms with Crippen molar-refractivity contribution < 1.29 is 8.42 Å². The summed E-state index contributed by atoms with van der Waals surface area (Å²) in [7, 11) is -3.70. The Morgan fingerprint density at radius 1 is 1.00 bits per heavy atom. The summed E-state index contributed by atoms with van der Waals surface area (Å²) in [4.78, 5) is 5.16. The van der Waals surface area contributed by atoms with E-state index in [2.05, 4.69) is 0 Å². The number of aromatic nitrogens is 1. The summed E-state index contributed by atoms with van der Waals surface area (Å²) >= 11 is 6.41. The van der Waals surface area contributed by atoms with Crippen LogP contribution in [-0.2, 0) is 23.0 Å². The lowest BCUT2D eigenvalue weighted by Crippen LogP contribution is -2.31. The summed E-state index contributed by atoms with van der Waals surface area (Å²) in [6.07, 6.45) is 0.544. The van der Waals surface area contributed by atoms with E-state index in [4.69, 9.17) is 16.6 Å². The summed E-state index contributed by atoms with van der Waals surface area (Å²) < 4.78 is 28.9. The summed E-state index contributed by atoms with van der Waals surface area (Å²) in [5.41, 5.74) is 4.49. The van der Waals surface area contributed by atoms with Crippen molar-refractivity contribution in [1.29, 1.82) is 0 Å². The molecule has 1 atom stereocenters. The second kappa shape index (κ2) is 7.75. The fraction of sp³-hybridized carbons (Fsp3) is 0.160. The number of halogens is 1. The van der Waals surface area contributed by atoms with Crippen LogP contribution < -0.4 is 0 Å². The number of hydrogen-bond acceptors (Lipinski definition) is 3. The van der Waals surface area contributed by atoms with Crippen LogP contribution in [-0.4, -0.2) is 17.7 Å². The minimum atomic E-state index is -3.70. The first-order valence-electron chi connectivity index (χ1n) is 10.1. The first-order valence-corrected chi connectivity index (χ1v) is 12.0. The number of benzene rings is 3. The Hall–Kier alpha value is -2.73. The highest BCUT2D eigenvalue weighted by molar-refractivity contribution is 7.89. The Morgan fingerprint density at radius 3 is 2.48 bits per heavy atom. The van der Waals surface area contributed by atoms with Crippen LogP contribution in [0.1, 0.15) is 28.4 Å². The number of fused-ring (bicyclic) bond motifs is 2. The smallest absolute Gasteiger partial charge is 0.244 e. The minimum absolute atomic E-state index is 0.290. The molecule has 0 bridgehead atoms. The van der Waals surface area contributed by atoms with E-state index in [1.165, 1.54) is 0 Å². The van der Waals surface area contributed by atoms with Crippen molar-refractivity contribution >= 4 is 32.5 Å². The van der Waals surface area contributed by atoms with Crippen LogP contribution in [0.15, 0.2) is 83.8 Å². The largest absolute Gasteiger partial charge is 0.249 e. The standard InChI is InChI=1S/C25H21ClN2O2S/c1-17-10-12-21(13-11-17)31(29,30)28-16-20-15-19-8-5-9-22(26)24(19)27-25(20)23(28)14-18-6-3-2-4-7-18/h2-13,15,23H,14,16H2,1H3. The molecule has 156 valence electrons. The molecular weight excluding hydrogens is 428 g/mol. The number of rotatable bonds is 4. The van der Waals surface area contributed by atoms with Crippen LogP contribution in [0.5, 0.6) is 0 Å². The van der Waals surface area contributed by atoms with Gasteiger partial charge in [-0.3, -0.25) is 0 Å². The Labute approximate surface area is 187 Å². The third-order valence-corrected chi connectivity index (χ3v) is 7.97. The van der Waals surface area contributed by atoms with Gasteiger partial charge in [-0.25, -0.2) is 13.4 Å². The molecule has 2 heterocycles. The number of hydrogen-bond donors (Lipinski definition) is 0. The van der Waals surface area contributed by atoms with Crippen molar-refractivity contribution in [2.75, 3.05) is 0 Å². The summed E-state index contributed by atoms with van der Waals surface area (Å²) in [5.74, 6) is 0. The van der Waals surface area contributed by atoms with Crippen molar-refractivity contribution in [3.63, 3.8) is 0 Å². The number of sulfonamides is 1. The van der Waals surface area contributed by atoms with Gasteiger partial charge >= 0.3 is 0 Å². The molecule has 4 nitrogen and oxygen atoms in total. The van der Waals surface area contributed by atoms with Gasteiger partial charge < -0.3 is 0 Å². The lowest BCUT2D eigenvalue weighted by molar-refractivity contribution is 0.345. The molecule has 0 fully saturated rings. The van der Waals surface area contributed by atoms with Crippen molar-refractivity contribution in [2.24, 2.45) is 0 Å². The molecular formula is C25H21ClN2O2S. The van der Waals surface area contributed by atoms with E-state index in [0.717, 1.165) is 27.8 Å². The molecule has 0 N–H and O–H groups in total. The molecule has 31 heavy (non-hydrogen) atoms. The Morgan fingerprint density at radius 2 is 1.74 bits per heavy atom. The molecule has 1 aliphatic heterocycles. The van der Waals surface area contributed by atoms with E-state index in [1.807, 2.05) is 73.7 Å². The average molecular weight is 449 g/mol. The molecule has 0 spiro atoms. The van der Waals surface area contributed by atoms with Gasteiger partial charge in [0.15, 0.2) is 0 Å². The maximum Gasteiger partial charge on any atom is 0.244 e. The number of para-hydroxylation sites is 1. The SMILES string of the molecule is Cc1ccc(S(=O)(=O)N2Cc3cc4cccc(Cl)c4nc3C2Cc2ccccc2)cc1. The lowest BCUT2D eigenvalue weighted by atomic mass is 10.0. The van der Waals surface area contributed by atoms with Gasteiger partial charge in [0.1, 0.15) is 0 Å². The van der Waals surface area contributed by atoms with E-state index in [0.29, 0.717) is 28.4 Å². The first kappa shape index (κ1) is 20.2. The Balaban J connectivity index is 1.65. The lowest BCUT2D eigenvalue weighted by Gasteiger charge is -2.24. The molecule has 3 aromatic carbocycles. The van der Waals surface area contributed by atoms with Gasteiger partial charge in [0.2, 0.25) is 10.0 Å². The van der Waals surface area contributed by atoms with Crippen LogP contribution in [0.2, 0.25) is 5.02 Å². The van der Waals surface area contributed by atoms with Gasteiger partial charge in [-0.2, -0.15) is 4.31 Å². The third-order valence-electron chi connectivity index (χ3n) is 5.80. The van der Waals surface area contributed by atoms with Crippen LogP contribution >= 0.6 is 11.6 Å². The van der Waals surface area contributed by atoms with Gasteiger partial charge in [0.05, 0.1) is 27.2 Å². The van der Waals surface area contributed by atoms with Crippen LogP contribution in [0.25, 0.3) is 10.9 Å². The van der Waals surface area contributed by atoms with E-state index in [-0.39, 0.29) is 0 Å². The maximum atomic E-state index is 13.6. The van der Waals surface area contributed by atoms with Gasteiger partial charge in [-0.05, 0) is 48.7 Å². The van der Waals surface area contributed by atoms with Crippen LogP contribution in [0.4, 0.5) is 0 Å². The first-order chi connectivity index (χ1) is 14.9. The van der Waals surface area contributed by atoms with Crippen molar-refractivity contribution in [3.05, 3.63) is 106 Å². The van der Waals surface area contributed by atoms with E-state index >= 15 is 0 Å². The molecule has 1 unspecified atom stereocenters. The summed E-state index contributed by atoms with van der Waals surface area (Å²) in [6, 6.07) is 24.2. The highest BCUT2D eigenvalue weighted by Gasteiger charge is 2.40. The molecule has 0 radical (unpaired) electrons. The topological polar surface area (TPSA) is 50.3 Å². The van der Waals surface area contributed by atoms with Crippen molar-refractivity contribution in [1.82, 2.24) is 9.29 Å². The predicted molar refractivity (Wildman–Crippen MR) is 124 cm³/mol. The zero-order valence-electron chi connectivity index (χ0n) is 17.0. The monoisotopic (exact) mass is 448 g/mol. The normalized spacial score (nSPS) is 16.5. The summed E-state index contributed by atoms with van der Waals surface area (Å²) in [6.45, 7) is 2.23.